The van der Waals surface area contributed by atoms with Gasteiger partial charge in [-0.05, 0) is 36.4 Å². The van der Waals surface area contributed by atoms with Crippen molar-refractivity contribution < 1.29 is 13.9 Å². The quantitative estimate of drug-likeness (QED) is 0.415. The smallest absolute Gasteiger partial charge is 0.236 e. The molecule has 1 amide bonds. The van der Waals surface area contributed by atoms with Crippen LogP contribution in [0.2, 0.25) is 0 Å². The Kier molecular flexibility index (Phi) is 6.10. The maximum atomic E-state index is 13.1. The fraction of sp³-hybridized carbons (Fsp3) is 0.0952. The van der Waals surface area contributed by atoms with Gasteiger partial charge in [0.15, 0.2) is 10.3 Å². The van der Waals surface area contributed by atoms with Gasteiger partial charge in [-0.25, -0.2) is 14.4 Å². The Balaban J connectivity index is 1.38. The molecule has 0 saturated heterocycles. The molecule has 0 atom stereocenters. The zero-order chi connectivity index (χ0) is 20.9. The first kappa shape index (κ1) is 20.1. The zero-order valence-corrected chi connectivity index (χ0v) is 17.5. The third-order valence-electron chi connectivity index (χ3n) is 4.16. The third kappa shape index (κ3) is 4.69. The van der Waals surface area contributed by atoms with Gasteiger partial charge in [0.2, 0.25) is 5.91 Å². The second-order valence-corrected chi connectivity index (χ2v) is 7.96. The average molecular weight is 441 g/mol. The molecule has 0 fully saturated rings. The van der Waals surface area contributed by atoms with Gasteiger partial charge in [-0.15, -0.1) is 11.3 Å². The second kappa shape index (κ2) is 9.10. The molecule has 0 saturated carbocycles. The van der Waals surface area contributed by atoms with Crippen LogP contribution in [0, 0.1) is 5.82 Å². The Labute approximate surface area is 180 Å². The molecule has 4 rings (SSSR count). The molecule has 4 aromatic rings. The summed E-state index contributed by atoms with van der Waals surface area (Å²) >= 11 is 2.65. The summed E-state index contributed by atoms with van der Waals surface area (Å²) in [6.07, 6.45) is 3.53. The molecule has 2 aromatic carbocycles. The fourth-order valence-electron chi connectivity index (χ4n) is 2.72. The van der Waals surface area contributed by atoms with Crippen LogP contribution in [0.5, 0.6) is 5.75 Å². The van der Waals surface area contributed by atoms with Gasteiger partial charge in [0, 0.05) is 29.4 Å². The number of thiazole rings is 1. The van der Waals surface area contributed by atoms with Crippen LogP contribution in [0.25, 0.3) is 16.9 Å². The number of thioether (sulfide) groups is 1. The minimum Gasteiger partial charge on any atom is -0.497 e. The van der Waals surface area contributed by atoms with Crippen LogP contribution in [0.3, 0.4) is 0 Å². The van der Waals surface area contributed by atoms with Crippen molar-refractivity contribution in [3.8, 4) is 22.7 Å². The predicted molar refractivity (Wildman–Crippen MR) is 117 cm³/mol. The minimum absolute atomic E-state index is 0.180. The number of aromatic nitrogens is 3. The molecule has 1 N–H and O–H groups in total. The molecular weight excluding hydrogens is 423 g/mol. The SMILES string of the molecule is COc1cccc(-n2ccnc2SCC(=O)Nc2nc(-c3ccc(F)cc3)cs2)c1. The third-order valence-corrected chi connectivity index (χ3v) is 5.89. The normalized spacial score (nSPS) is 10.7. The molecule has 2 heterocycles. The molecule has 0 spiro atoms. The van der Waals surface area contributed by atoms with Crippen molar-refractivity contribution >= 4 is 34.1 Å². The van der Waals surface area contributed by atoms with E-state index in [1.807, 2.05) is 40.4 Å². The van der Waals surface area contributed by atoms with E-state index in [2.05, 4.69) is 15.3 Å². The first-order valence-electron chi connectivity index (χ1n) is 8.94. The number of hydrogen-bond donors (Lipinski definition) is 1. The average Bonchev–Trinajstić information content (AvgIpc) is 3.42. The zero-order valence-electron chi connectivity index (χ0n) is 15.9. The standard InChI is InChI=1S/C21H17FN4O2S2/c1-28-17-4-2-3-16(11-17)26-10-9-23-21(26)30-13-19(27)25-20-24-18(12-29-20)14-5-7-15(22)8-6-14/h2-12H,13H2,1H3,(H,24,25,27). The highest BCUT2D eigenvalue weighted by atomic mass is 32.2. The van der Waals surface area contributed by atoms with Crippen LogP contribution in [0.1, 0.15) is 0 Å². The van der Waals surface area contributed by atoms with Gasteiger partial charge in [-0.1, -0.05) is 17.8 Å². The highest BCUT2D eigenvalue weighted by Gasteiger charge is 2.12. The minimum atomic E-state index is -0.299. The van der Waals surface area contributed by atoms with Gasteiger partial charge in [-0.3, -0.25) is 9.36 Å². The summed E-state index contributed by atoms with van der Waals surface area (Å²) in [5.74, 6) is 0.453. The van der Waals surface area contributed by atoms with Crippen molar-refractivity contribution in [2.24, 2.45) is 0 Å². The topological polar surface area (TPSA) is 69.0 Å². The van der Waals surface area contributed by atoms with Gasteiger partial charge in [0.05, 0.1) is 24.2 Å². The van der Waals surface area contributed by atoms with E-state index in [-0.39, 0.29) is 17.5 Å². The Bertz CT molecular complexity index is 1160. The summed E-state index contributed by atoms with van der Waals surface area (Å²) in [5, 5.41) is 5.82. The number of hydrogen-bond acceptors (Lipinski definition) is 6. The second-order valence-electron chi connectivity index (χ2n) is 6.16. The van der Waals surface area contributed by atoms with Crippen molar-refractivity contribution in [1.29, 1.82) is 0 Å². The van der Waals surface area contributed by atoms with Gasteiger partial charge in [-0.2, -0.15) is 0 Å². The van der Waals surface area contributed by atoms with E-state index in [1.54, 1.807) is 25.4 Å². The summed E-state index contributed by atoms with van der Waals surface area (Å²) in [7, 11) is 1.62. The predicted octanol–water partition coefficient (Wildman–Crippen LogP) is 4.87. The molecule has 152 valence electrons. The van der Waals surface area contributed by atoms with Crippen LogP contribution in [-0.2, 0) is 4.79 Å². The van der Waals surface area contributed by atoms with Crippen LogP contribution in [-0.4, -0.2) is 33.3 Å². The number of nitrogens with zero attached hydrogens (tertiary/aromatic N) is 3. The first-order valence-corrected chi connectivity index (χ1v) is 10.8. The number of carbonyl (C=O) groups excluding carboxylic acids is 1. The van der Waals surface area contributed by atoms with Gasteiger partial charge < -0.3 is 10.1 Å². The summed E-state index contributed by atoms with van der Waals surface area (Å²) < 4.78 is 20.2. The number of nitrogens with one attached hydrogen (secondary N) is 1. The molecule has 0 bridgehead atoms. The van der Waals surface area contributed by atoms with E-state index in [4.69, 9.17) is 4.74 Å². The van der Waals surface area contributed by atoms with Crippen LogP contribution in [0.4, 0.5) is 9.52 Å². The Morgan fingerprint density at radius 3 is 2.90 bits per heavy atom. The van der Waals surface area contributed by atoms with Crippen molar-refractivity contribution in [3.05, 3.63) is 72.1 Å². The fourth-order valence-corrected chi connectivity index (χ4v) is 4.23. The van der Waals surface area contributed by atoms with Crippen LogP contribution >= 0.6 is 23.1 Å². The number of imidazole rings is 1. The monoisotopic (exact) mass is 440 g/mol. The summed E-state index contributed by atoms with van der Waals surface area (Å²) in [4.78, 5) is 21.1. The van der Waals surface area contributed by atoms with E-state index in [0.29, 0.717) is 16.0 Å². The van der Waals surface area contributed by atoms with Crippen molar-refractivity contribution in [2.75, 3.05) is 18.2 Å². The van der Waals surface area contributed by atoms with Crippen LogP contribution < -0.4 is 10.1 Å². The Morgan fingerprint density at radius 2 is 2.10 bits per heavy atom. The summed E-state index contributed by atoms with van der Waals surface area (Å²) in [6.45, 7) is 0. The molecule has 0 aliphatic rings. The number of methoxy groups -OCH3 is 1. The van der Waals surface area contributed by atoms with Crippen molar-refractivity contribution in [2.45, 2.75) is 5.16 Å². The van der Waals surface area contributed by atoms with Gasteiger partial charge in [0.1, 0.15) is 11.6 Å². The largest absolute Gasteiger partial charge is 0.497 e. The lowest BCUT2D eigenvalue weighted by atomic mass is 10.2. The lowest BCUT2D eigenvalue weighted by Gasteiger charge is -2.09. The van der Waals surface area contributed by atoms with Crippen molar-refractivity contribution in [3.63, 3.8) is 0 Å². The maximum absolute atomic E-state index is 13.1. The van der Waals surface area contributed by atoms with Crippen LogP contribution in [0.15, 0.2) is 71.5 Å². The number of halogens is 1. The number of rotatable bonds is 7. The molecule has 0 aliphatic carbocycles. The highest BCUT2D eigenvalue weighted by molar-refractivity contribution is 7.99. The van der Waals surface area contributed by atoms with E-state index < -0.39 is 0 Å². The van der Waals surface area contributed by atoms with E-state index >= 15 is 0 Å². The molecule has 6 nitrogen and oxygen atoms in total. The van der Waals surface area contributed by atoms with E-state index in [1.165, 1.54) is 35.2 Å². The Morgan fingerprint density at radius 1 is 1.27 bits per heavy atom. The number of anilines is 1. The maximum Gasteiger partial charge on any atom is 0.236 e. The van der Waals surface area contributed by atoms with E-state index in [9.17, 15) is 9.18 Å². The molecule has 0 unspecified atom stereocenters. The Hall–Kier alpha value is -3.17. The molecular formula is C21H17FN4O2S2. The summed E-state index contributed by atoms with van der Waals surface area (Å²) in [5.41, 5.74) is 2.39. The lowest BCUT2D eigenvalue weighted by Crippen LogP contribution is -2.14. The van der Waals surface area contributed by atoms with E-state index in [0.717, 1.165) is 17.0 Å². The molecule has 0 radical (unpaired) electrons. The van der Waals surface area contributed by atoms with Gasteiger partial charge >= 0.3 is 0 Å². The van der Waals surface area contributed by atoms with Gasteiger partial charge in [0.25, 0.3) is 0 Å². The number of amides is 1. The number of ether oxygens (including phenoxy) is 1. The summed E-state index contributed by atoms with van der Waals surface area (Å²) in [6, 6.07) is 13.7. The molecule has 2 aromatic heterocycles. The number of carbonyl (C=O) groups is 1. The van der Waals surface area contributed by atoms with Crippen molar-refractivity contribution in [1.82, 2.24) is 14.5 Å². The lowest BCUT2D eigenvalue weighted by molar-refractivity contribution is -0.113. The molecule has 30 heavy (non-hydrogen) atoms. The molecule has 0 aliphatic heterocycles. The first-order chi connectivity index (χ1) is 14.6. The highest BCUT2D eigenvalue weighted by Crippen LogP contribution is 2.26. The number of benzene rings is 2. The molecule has 9 heteroatoms.